The smallest absolute Gasteiger partial charge is 0.372 e. The molecule has 1 atom stereocenters. The van der Waals surface area contributed by atoms with Gasteiger partial charge in [-0.2, -0.15) is 18.2 Å². The van der Waals surface area contributed by atoms with Gasteiger partial charge in [0, 0.05) is 25.5 Å². The van der Waals surface area contributed by atoms with Crippen LogP contribution in [-0.4, -0.2) is 48.0 Å². The fourth-order valence-corrected chi connectivity index (χ4v) is 3.55. The van der Waals surface area contributed by atoms with Gasteiger partial charge in [-0.25, -0.2) is 4.98 Å². The van der Waals surface area contributed by atoms with Crippen LogP contribution >= 0.6 is 0 Å². The van der Waals surface area contributed by atoms with Crippen LogP contribution in [0.2, 0.25) is 0 Å². The molecule has 2 heterocycles. The number of amides is 1. The predicted octanol–water partition coefficient (Wildman–Crippen LogP) is 3.69. The number of carbonyl (C=O) groups excluding carboxylic acids is 1. The largest absolute Gasteiger partial charge is 0.421 e. The quantitative estimate of drug-likeness (QED) is 0.693. The van der Waals surface area contributed by atoms with Crippen LogP contribution in [0.1, 0.15) is 41.6 Å². The zero-order chi connectivity index (χ0) is 21.3. The number of morpholine rings is 1. The minimum absolute atomic E-state index is 0.0862. The highest BCUT2D eigenvalue weighted by molar-refractivity contribution is 5.63. The Kier molecular flexibility index (Phi) is 5.50. The summed E-state index contributed by atoms with van der Waals surface area (Å²) in [4.78, 5) is 20.6. The lowest BCUT2D eigenvalue weighted by Gasteiger charge is -2.31. The first-order chi connectivity index (χ1) is 14.4. The zero-order valence-electron chi connectivity index (χ0n) is 16.4. The molecule has 10 heteroatoms. The van der Waals surface area contributed by atoms with Gasteiger partial charge in [0.1, 0.15) is 17.5 Å². The van der Waals surface area contributed by atoms with Gasteiger partial charge in [-0.05, 0) is 36.0 Å². The molecule has 4 rings (SSSR count). The maximum absolute atomic E-state index is 13.1. The van der Waals surface area contributed by atoms with Gasteiger partial charge >= 0.3 is 6.18 Å². The summed E-state index contributed by atoms with van der Waals surface area (Å²) in [5.41, 5.74) is 1.86. The molecule has 160 valence electrons. The molecule has 30 heavy (non-hydrogen) atoms. The Morgan fingerprint density at radius 3 is 2.77 bits per heavy atom. The second kappa shape index (κ2) is 8.10. The number of nitrogens with zero attached hydrogens (tertiary/aromatic N) is 3. The number of hydrogen-bond donors (Lipinski definition) is 2. The number of carbonyl (C=O) groups is 1. The highest BCUT2D eigenvalue weighted by Crippen LogP contribution is 2.45. The molecule has 0 bridgehead atoms. The summed E-state index contributed by atoms with van der Waals surface area (Å²) in [5, 5.41) is 5.54. The van der Waals surface area contributed by atoms with Crippen LogP contribution in [0.3, 0.4) is 0 Å². The molecule has 1 aromatic carbocycles. The molecule has 1 aromatic heterocycles. The summed E-state index contributed by atoms with van der Waals surface area (Å²) < 4.78 is 45.0. The van der Waals surface area contributed by atoms with Gasteiger partial charge in [-0.3, -0.25) is 4.79 Å². The summed E-state index contributed by atoms with van der Waals surface area (Å²) in [6.45, 7) is 1.55. The molecule has 2 aromatic rings. The standard InChI is InChI=1S/C20H22F3N5O2/c1-24-18-15(20(21,22)23)9-25-19(27-18)26-16-5-4-13(8-14(16)12-2-3-12)17-10-28(11-29)6-7-30-17/h4-5,8-9,11-12,17H,2-3,6-7,10H2,1H3,(H2,24,25,26,27). The van der Waals surface area contributed by atoms with Crippen molar-refractivity contribution in [2.24, 2.45) is 0 Å². The van der Waals surface area contributed by atoms with Gasteiger partial charge in [0.05, 0.1) is 13.2 Å². The fourth-order valence-electron chi connectivity index (χ4n) is 3.55. The first-order valence-electron chi connectivity index (χ1n) is 9.73. The van der Waals surface area contributed by atoms with E-state index < -0.39 is 11.7 Å². The average molecular weight is 421 g/mol. The van der Waals surface area contributed by atoms with E-state index >= 15 is 0 Å². The Morgan fingerprint density at radius 2 is 2.10 bits per heavy atom. The fraction of sp³-hybridized carbons (Fsp3) is 0.450. The number of rotatable bonds is 6. The number of aromatic nitrogens is 2. The molecule has 1 saturated carbocycles. The van der Waals surface area contributed by atoms with E-state index in [2.05, 4.69) is 20.6 Å². The maximum atomic E-state index is 13.1. The van der Waals surface area contributed by atoms with Crippen molar-refractivity contribution in [2.45, 2.75) is 31.0 Å². The number of benzene rings is 1. The van der Waals surface area contributed by atoms with Crippen LogP contribution in [0.5, 0.6) is 0 Å². The number of hydrogen-bond acceptors (Lipinski definition) is 6. The summed E-state index contributed by atoms with van der Waals surface area (Å²) in [7, 11) is 1.39. The van der Waals surface area contributed by atoms with Crippen LogP contribution in [0, 0.1) is 0 Å². The van der Waals surface area contributed by atoms with E-state index in [4.69, 9.17) is 4.74 Å². The third kappa shape index (κ3) is 4.33. The van der Waals surface area contributed by atoms with Crippen molar-refractivity contribution in [2.75, 3.05) is 37.4 Å². The van der Waals surface area contributed by atoms with Crippen LogP contribution in [0.4, 0.5) is 30.6 Å². The van der Waals surface area contributed by atoms with Gasteiger partial charge in [0.25, 0.3) is 0 Å². The van der Waals surface area contributed by atoms with Crippen molar-refractivity contribution in [1.82, 2.24) is 14.9 Å². The molecule has 1 saturated heterocycles. The molecule has 1 aliphatic carbocycles. The first kappa shape index (κ1) is 20.4. The van der Waals surface area contributed by atoms with Crippen molar-refractivity contribution in [1.29, 1.82) is 0 Å². The Morgan fingerprint density at radius 1 is 1.30 bits per heavy atom. The van der Waals surface area contributed by atoms with Gasteiger partial charge < -0.3 is 20.3 Å². The van der Waals surface area contributed by atoms with Crippen LogP contribution in [0.25, 0.3) is 0 Å². The Bertz CT molecular complexity index is 933. The molecule has 0 radical (unpaired) electrons. The van der Waals surface area contributed by atoms with Gasteiger partial charge in [-0.15, -0.1) is 0 Å². The minimum Gasteiger partial charge on any atom is -0.372 e. The second-order valence-electron chi connectivity index (χ2n) is 7.41. The van der Waals surface area contributed by atoms with E-state index in [1.165, 1.54) is 7.05 Å². The van der Waals surface area contributed by atoms with Crippen molar-refractivity contribution in [3.63, 3.8) is 0 Å². The highest BCUT2D eigenvalue weighted by atomic mass is 19.4. The third-order valence-corrected chi connectivity index (χ3v) is 5.29. The van der Waals surface area contributed by atoms with E-state index in [-0.39, 0.29) is 17.9 Å². The Balaban J connectivity index is 1.60. The molecule has 0 spiro atoms. The average Bonchev–Trinajstić information content (AvgIpc) is 3.58. The van der Waals surface area contributed by atoms with Crippen LogP contribution in [0.15, 0.2) is 24.4 Å². The highest BCUT2D eigenvalue weighted by Gasteiger charge is 2.35. The van der Waals surface area contributed by atoms with Gasteiger partial charge in [0.2, 0.25) is 12.4 Å². The second-order valence-corrected chi connectivity index (χ2v) is 7.41. The Labute approximate surface area is 171 Å². The van der Waals surface area contributed by atoms with Crippen LogP contribution in [-0.2, 0) is 15.7 Å². The van der Waals surface area contributed by atoms with E-state index in [0.29, 0.717) is 25.6 Å². The molecule has 1 unspecified atom stereocenters. The number of anilines is 3. The molecule has 2 aliphatic rings. The van der Waals surface area contributed by atoms with Crippen molar-refractivity contribution >= 4 is 23.9 Å². The van der Waals surface area contributed by atoms with E-state index in [9.17, 15) is 18.0 Å². The summed E-state index contributed by atoms with van der Waals surface area (Å²) in [5.74, 6) is 0.175. The van der Waals surface area contributed by atoms with Crippen molar-refractivity contribution in [3.05, 3.63) is 41.1 Å². The van der Waals surface area contributed by atoms with Gasteiger partial charge in [0.15, 0.2) is 0 Å². The number of halogens is 3. The van der Waals surface area contributed by atoms with E-state index in [1.807, 2.05) is 18.2 Å². The monoisotopic (exact) mass is 421 g/mol. The summed E-state index contributed by atoms with van der Waals surface area (Å²) >= 11 is 0. The Hall–Kier alpha value is -2.88. The molecular formula is C20H22F3N5O2. The minimum atomic E-state index is -4.53. The first-order valence-corrected chi connectivity index (χ1v) is 9.73. The van der Waals surface area contributed by atoms with Crippen molar-refractivity contribution < 1.29 is 22.7 Å². The van der Waals surface area contributed by atoms with Gasteiger partial charge in [-0.1, -0.05) is 12.1 Å². The normalized spacial score (nSPS) is 19.5. The van der Waals surface area contributed by atoms with E-state index in [1.54, 1.807) is 4.90 Å². The number of nitrogens with one attached hydrogen (secondary N) is 2. The van der Waals surface area contributed by atoms with Crippen molar-refractivity contribution in [3.8, 4) is 0 Å². The molecule has 2 fully saturated rings. The van der Waals surface area contributed by atoms with Crippen LogP contribution < -0.4 is 10.6 Å². The summed E-state index contributed by atoms with van der Waals surface area (Å²) in [6.07, 6.45) is -1.05. The SMILES string of the molecule is CNc1nc(Nc2ccc(C3CN(C=O)CCO3)cc2C2CC2)ncc1C(F)(F)F. The lowest BCUT2D eigenvalue weighted by Crippen LogP contribution is -2.37. The molecule has 2 N–H and O–H groups in total. The molecular weight excluding hydrogens is 399 g/mol. The zero-order valence-corrected chi connectivity index (χ0v) is 16.4. The molecule has 1 aliphatic heterocycles. The number of ether oxygens (including phenoxy) is 1. The summed E-state index contributed by atoms with van der Waals surface area (Å²) in [6, 6.07) is 5.81. The predicted molar refractivity (Wildman–Crippen MR) is 105 cm³/mol. The lowest BCUT2D eigenvalue weighted by atomic mass is 10.00. The number of alkyl halides is 3. The molecule has 7 nitrogen and oxygen atoms in total. The van der Waals surface area contributed by atoms with E-state index in [0.717, 1.165) is 42.3 Å². The third-order valence-electron chi connectivity index (χ3n) is 5.29. The lowest BCUT2D eigenvalue weighted by molar-refractivity contribution is -0.137. The maximum Gasteiger partial charge on any atom is 0.421 e. The topological polar surface area (TPSA) is 79.4 Å². The molecule has 1 amide bonds.